The number of nitrogens with two attached hydrogens (primary N) is 1. The summed E-state index contributed by atoms with van der Waals surface area (Å²) < 4.78 is 27.2. The van der Waals surface area contributed by atoms with E-state index in [0.29, 0.717) is 17.0 Å². The number of fused-ring (bicyclic) bond motifs is 1. The molecule has 0 saturated carbocycles. The molecule has 0 aromatic carbocycles. The Hall–Kier alpha value is -1.52. The van der Waals surface area contributed by atoms with Crippen LogP contribution in [0.15, 0.2) is 6.33 Å². The number of hydrogen-bond donors (Lipinski definition) is 3. The zero-order valence-corrected chi connectivity index (χ0v) is 14.6. The first-order chi connectivity index (χ1) is 11.4. The number of imidazole rings is 1. The lowest BCUT2D eigenvalue weighted by molar-refractivity contribution is -0.0526. The lowest BCUT2D eigenvalue weighted by Gasteiger charge is -2.24. The number of aliphatic hydroxyl groups excluding tert-OH is 1. The molecule has 0 amide bonds. The summed E-state index contributed by atoms with van der Waals surface area (Å²) in [5.74, 6) is 0.428. The molecule has 0 aliphatic carbocycles. The molecule has 2 aromatic heterocycles. The highest BCUT2D eigenvalue weighted by Gasteiger charge is 2.55. The predicted molar refractivity (Wildman–Crippen MR) is 88.9 cm³/mol. The maximum Gasteiger partial charge on any atom is 0.224 e. The smallest absolute Gasteiger partial charge is 0.224 e. The average Bonchev–Trinajstić information content (AvgIpc) is 3.05. The van der Waals surface area contributed by atoms with Crippen LogP contribution >= 0.6 is 7.58 Å². The Morgan fingerprint density at radius 1 is 1.62 bits per heavy atom. The Labute approximate surface area is 143 Å². The van der Waals surface area contributed by atoms with Crippen molar-refractivity contribution in [3.63, 3.8) is 0 Å². The van der Waals surface area contributed by atoms with Gasteiger partial charge in [-0.1, -0.05) is 0 Å². The Morgan fingerprint density at radius 3 is 3.04 bits per heavy atom. The normalized spacial score (nSPS) is 30.2. The molecule has 9 nitrogen and oxygen atoms in total. The first-order valence-corrected chi connectivity index (χ1v) is 8.87. The average molecular weight is 374 g/mol. The molecule has 0 bridgehead atoms. The van der Waals surface area contributed by atoms with Gasteiger partial charge < -0.3 is 25.4 Å². The summed E-state index contributed by atoms with van der Waals surface area (Å²) in [5, 5.41) is 13.1. The summed E-state index contributed by atoms with van der Waals surface area (Å²) in [7, 11) is 1.92. The van der Waals surface area contributed by atoms with Crippen molar-refractivity contribution in [2.75, 3.05) is 24.7 Å². The van der Waals surface area contributed by atoms with Crippen LogP contribution in [0.5, 0.6) is 0 Å². The van der Waals surface area contributed by atoms with E-state index >= 15 is 4.39 Å². The largest absolute Gasteiger partial charge is 0.387 e. The quantitative estimate of drug-likeness (QED) is 0.652. The van der Waals surface area contributed by atoms with Crippen LogP contribution in [0.3, 0.4) is 0 Å². The lowest BCUT2D eigenvalue weighted by Crippen LogP contribution is -2.40. The third kappa shape index (κ3) is 2.72. The van der Waals surface area contributed by atoms with Crippen LogP contribution in [0, 0.1) is 0 Å². The highest BCUT2D eigenvalue weighted by atomic mass is 32.4. The van der Waals surface area contributed by atoms with E-state index in [4.69, 9.17) is 15.0 Å². The molecule has 1 aliphatic heterocycles. The second-order valence-corrected chi connectivity index (χ2v) is 6.35. The van der Waals surface area contributed by atoms with Gasteiger partial charge in [-0.15, -0.1) is 0 Å². The zero-order chi connectivity index (χ0) is 17.5. The van der Waals surface area contributed by atoms with Crippen LogP contribution in [0.25, 0.3) is 11.2 Å². The third-order valence-electron chi connectivity index (χ3n) is 3.94. The summed E-state index contributed by atoms with van der Waals surface area (Å²) in [4.78, 5) is 12.3. The van der Waals surface area contributed by atoms with Gasteiger partial charge in [0.2, 0.25) is 5.95 Å². The molecule has 130 valence electrons. The van der Waals surface area contributed by atoms with Gasteiger partial charge in [0.05, 0.1) is 12.9 Å². The van der Waals surface area contributed by atoms with E-state index in [1.54, 1.807) is 7.05 Å². The second-order valence-electron chi connectivity index (χ2n) is 5.50. The van der Waals surface area contributed by atoms with Gasteiger partial charge in [0.25, 0.3) is 0 Å². The summed E-state index contributed by atoms with van der Waals surface area (Å²) in [5.41, 5.74) is 4.33. The SMILES string of the molecule is CNc1nc(N)nc2c1ncn2[C@@H]1O[C@H](COP=S)[C@@H](O)[C@@]1(C)F. The van der Waals surface area contributed by atoms with Crippen LogP contribution in [0.2, 0.25) is 0 Å². The van der Waals surface area contributed by atoms with E-state index in [-0.39, 0.29) is 20.1 Å². The number of anilines is 2. The van der Waals surface area contributed by atoms with Crippen molar-refractivity contribution in [3.8, 4) is 0 Å². The summed E-state index contributed by atoms with van der Waals surface area (Å²) in [6, 6.07) is 0. The topological polar surface area (TPSA) is 120 Å². The van der Waals surface area contributed by atoms with Crippen LogP contribution in [0.4, 0.5) is 16.2 Å². The van der Waals surface area contributed by atoms with Crippen molar-refractivity contribution in [1.29, 1.82) is 0 Å². The van der Waals surface area contributed by atoms with E-state index < -0.39 is 24.1 Å². The number of nitrogens with zero attached hydrogens (tertiary/aromatic N) is 4. The fourth-order valence-electron chi connectivity index (χ4n) is 2.73. The second kappa shape index (κ2) is 6.41. The highest BCUT2D eigenvalue weighted by Crippen LogP contribution is 2.42. The standard InChI is InChI=1S/C12H16FN6O3PS/c1-12(13)7(20)5(3-21-23-24)22-10(12)19-4-16-6-8(15-2)17-11(14)18-9(6)19/h4-5,7,10,20H,3H2,1-2H3,(H3,14,15,17,18)/t5-,7-,10-,12-/m1/s1. The molecule has 4 atom stereocenters. The molecule has 1 fully saturated rings. The van der Waals surface area contributed by atoms with Crippen molar-refractivity contribution in [3.05, 3.63) is 6.33 Å². The third-order valence-corrected chi connectivity index (χ3v) is 4.51. The maximum atomic E-state index is 15.1. The van der Waals surface area contributed by atoms with Crippen molar-refractivity contribution >= 4 is 42.3 Å². The van der Waals surface area contributed by atoms with Crippen LogP contribution in [-0.2, 0) is 21.1 Å². The Kier molecular flexibility index (Phi) is 4.63. The van der Waals surface area contributed by atoms with Crippen LogP contribution in [0.1, 0.15) is 13.2 Å². The van der Waals surface area contributed by atoms with Crippen LogP contribution in [-0.4, -0.2) is 56.2 Å². The van der Waals surface area contributed by atoms with E-state index in [1.807, 2.05) is 0 Å². The lowest BCUT2D eigenvalue weighted by atomic mass is 9.98. The van der Waals surface area contributed by atoms with Gasteiger partial charge in [-0.25, -0.2) is 9.37 Å². The van der Waals surface area contributed by atoms with E-state index in [2.05, 4.69) is 32.1 Å². The minimum absolute atomic E-state index is 0.0116. The number of rotatable bonds is 5. The first kappa shape index (κ1) is 17.3. The molecular formula is C12H16FN6O3PS. The zero-order valence-electron chi connectivity index (χ0n) is 12.9. The molecule has 0 unspecified atom stereocenters. The van der Waals surface area contributed by atoms with Crippen molar-refractivity contribution in [2.24, 2.45) is 0 Å². The van der Waals surface area contributed by atoms with E-state index in [1.165, 1.54) is 17.8 Å². The molecule has 12 heteroatoms. The van der Waals surface area contributed by atoms with Gasteiger partial charge >= 0.3 is 0 Å². The number of nitrogens with one attached hydrogen (secondary N) is 1. The minimum atomic E-state index is -2.08. The van der Waals surface area contributed by atoms with E-state index in [9.17, 15) is 5.11 Å². The predicted octanol–water partition coefficient (Wildman–Crippen LogP) is 0.776. The number of aromatic nitrogens is 4. The summed E-state index contributed by atoms with van der Waals surface area (Å²) >= 11 is 4.66. The van der Waals surface area contributed by atoms with Crippen LogP contribution < -0.4 is 11.1 Å². The van der Waals surface area contributed by atoms with Crippen molar-refractivity contribution < 1.29 is 18.8 Å². The molecule has 24 heavy (non-hydrogen) atoms. The first-order valence-electron chi connectivity index (χ1n) is 7.05. The fraction of sp³-hybridized carbons (Fsp3) is 0.583. The summed E-state index contributed by atoms with van der Waals surface area (Å²) in [6.45, 7) is 1.23. The van der Waals surface area contributed by atoms with Gasteiger partial charge in [-0.2, -0.15) is 9.97 Å². The molecule has 0 spiro atoms. The van der Waals surface area contributed by atoms with Gasteiger partial charge in [-0.05, 0) is 18.7 Å². The molecule has 1 saturated heterocycles. The minimum Gasteiger partial charge on any atom is -0.387 e. The fourth-order valence-corrected chi connectivity index (χ4v) is 3.12. The number of hydrogen-bond acceptors (Lipinski definition) is 9. The summed E-state index contributed by atoms with van der Waals surface area (Å²) in [6.07, 6.45) is -2.02. The monoisotopic (exact) mass is 374 g/mol. The van der Waals surface area contributed by atoms with Gasteiger partial charge in [0, 0.05) is 7.05 Å². The number of ether oxygens (including phenoxy) is 1. The Bertz CT molecular complexity index is 775. The van der Waals surface area contributed by atoms with Crippen molar-refractivity contribution in [1.82, 2.24) is 19.5 Å². The molecule has 0 radical (unpaired) electrons. The molecule has 3 heterocycles. The Morgan fingerprint density at radius 2 is 2.38 bits per heavy atom. The van der Waals surface area contributed by atoms with Gasteiger partial charge in [-0.3, -0.25) is 4.57 Å². The van der Waals surface area contributed by atoms with E-state index in [0.717, 1.165) is 0 Å². The molecule has 2 aromatic rings. The molecule has 4 N–H and O–H groups in total. The van der Waals surface area contributed by atoms with Crippen molar-refractivity contribution in [2.45, 2.75) is 31.0 Å². The van der Waals surface area contributed by atoms with Gasteiger partial charge in [0.15, 0.2) is 28.9 Å². The number of nitrogen functional groups attached to an aromatic ring is 1. The number of halogens is 1. The maximum absolute atomic E-state index is 15.1. The number of alkyl halides is 1. The highest BCUT2D eigenvalue weighted by molar-refractivity contribution is 7.94. The Balaban J connectivity index is 2.03. The van der Waals surface area contributed by atoms with Gasteiger partial charge in [0.1, 0.15) is 19.8 Å². The molecular weight excluding hydrogens is 358 g/mol. The molecule has 3 rings (SSSR count). The molecule has 1 aliphatic rings. The number of aliphatic hydroxyl groups is 1.